The Bertz CT molecular complexity index is 1130. The molecule has 1 aliphatic rings. The number of thiophene rings is 1. The molecule has 0 aliphatic carbocycles. The maximum Gasteiger partial charge on any atom is 0.227 e. The van der Waals surface area contributed by atoms with Gasteiger partial charge in [0.15, 0.2) is 11.5 Å². The van der Waals surface area contributed by atoms with Gasteiger partial charge in [0.05, 0.1) is 11.5 Å². The quantitative estimate of drug-likeness (QED) is 0.552. The van der Waals surface area contributed by atoms with E-state index in [9.17, 15) is 0 Å². The van der Waals surface area contributed by atoms with E-state index in [1.54, 1.807) is 11.3 Å². The Morgan fingerprint density at radius 3 is 2.86 bits per heavy atom. The van der Waals surface area contributed by atoms with Gasteiger partial charge in [0, 0.05) is 24.4 Å². The first kappa shape index (κ1) is 17.6. The number of anilines is 1. The number of nitrogens with zero attached hydrogens (tertiary/aromatic N) is 4. The molecule has 3 aromatic heterocycles. The van der Waals surface area contributed by atoms with Crippen molar-refractivity contribution < 1.29 is 4.74 Å². The SMILES string of the molecule is Cc1sc2nc(NC[C@H]3CCCO3)n3nc(Cc4ccccc4)nc3c2c1C. The van der Waals surface area contributed by atoms with Gasteiger partial charge in [-0.15, -0.1) is 16.4 Å². The van der Waals surface area contributed by atoms with Crippen molar-refractivity contribution in [3.63, 3.8) is 0 Å². The number of aromatic nitrogens is 4. The number of ether oxygens (including phenoxy) is 1. The Hall–Kier alpha value is -2.51. The maximum atomic E-state index is 5.75. The number of nitrogens with one attached hydrogen (secondary N) is 1. The highest BCUT2D eigenvalue weighted by atomic mass is 32.1. The number of rotatable bonds is 5. The van der Waals surface area contributed by atoms with E-state index in [4.69, 9.17) is 19.8 Å². The minimum absolute atomic E-state index is 0.242. The monoisotopic (exact) mass is 393 g/mol. The van der Waals surface area contributed by atoms with Gasteiger partial charge in [0.25, 0.3) is 0 Å². The summed E-state index contributed by atoms with van der Waals surface area (Å²) in [7, 11) is 0. The van der Waals surface area contributed by atoms with Crippen LogP contribution in [0, 0.1) is 13.8 Å². The molecular formula is C21H23N5OS. The van der Waals surface area contributed by atoms with Crippen molar-refractivity contribution in [3.05, 3.63) is 52.2 Å². The Kier molecular flexibility index (Phi) is 4.49. The van der Waals surface area contributed by atoms with Crippen molar-refractivity contribution in [1.82, 2.24) is 19.6 Å². The van der Waals surface area contributed by atoms with E-state index in [1.807, 2.05) is 22.7 Å². The standard InChI is InChI=1S/C21H23N5OS/c1-13-14(2)28-20-18(13)19-23-17(11-15-7-4-3-5-8-15)25-26(19)21(24-20)22-12-16-9-6-10-27-16/h3-5,7-8,16H,6,9-12H2,1-2H3,(H,22,24)/t16-/m1/s1. The van der Waals surface area contributed by atoms with Crippen LogP contribution in [0.15, 0.2) is 30.3 Å². The lowest BCUT2D eigenvalue weighted by Crippen LogP contribution is -2.20. The lowest BCUT2D eigenvalue weighted by molar-refractivity contribution is 0.120. The van der Waals surface area contributed by atoms with E-state index >= 15 is 0 Å². The van der Waals surface area contributed by atoms with E-state index < -0.39 is 0 Å². The number of hydrogen-bond acceptors (Lipinski definition) is 6. The first-order chi connectivity index (χ1) is 13.7. The molecule has 0 spiro atoms. The van der Waals surface area contributed by atoms with Crippen LogP contribution in [0.2, 0.25) is 0 Å². The van der Waals surface area contributed by atoms with Crippen molar-refractivity contribution in [2.45, 2.75) is 39.2 Å². The third-order valence-corrected chi connectivity index (χ3v) is 6.47. The highest BCUT2D eigenvalue weighted by molar-refractivity contribution is 7.18. The van der Waals surface area contributed by atoms with Crippen molar-refractivity contribution >= 4 is 33.1 Å². The molecule has 1 fully saturated rings. The Morgan fingerprint density at radius 2 is 2.07 bits per heavy atom. The van der Waals surface area contributed by atoms with Gasteiger partial charge in [-0.25, -0.2) is 9.97 Å². The minimum Gasteiger partial charge on any atom is -0.376 e. The molecule has 7 heteroatoms. The summed E-state index contributed by atoms with van der Waals surface area (Å²) in [5.41, 5.74) is 3.32. The predicted molar refractivity (Wildman–Crippen MR) is 112 cm³/mol. The second-order valence-corrected chi connectivity index (χ2v) is 8.54. The molecular weight excluding hydrogens is 370 g/mol. The molecule has 0 amide bonds. The molecule has 1 saturated heterocycles. The summed E-state index contributed by atoms with van der Waals surface area (Å²) in [6.07, 6.45) is 3.16. The fourth-order valence-electron chi connectivity index (χ4n) is 3.74. The fourth-order valence-corrected chi connectivity index (χ4v) is 4.76. The molecule has 1 N–H and O–H groups in total. The third kappa shape index (κ3) is 3.14. The molecule has 6 nitrogen and oxygen atoms in total. The summed E-state index contributed by atoms with van der Waals surface area (Å²) in [4.78, 5) is 12.1. The molecule has 28 heavy (non-hydrogen) atoms. The van der Waals surface area contributed by atoms with Crippen molar-refractivity contribution in [2.24, 2.45) is 0 Å². The highest BCUT2D eigenvalue weighted by Gasteiger charge is 2.20. The van der Waals surface area contributed by atoms with Crippen LogP contribution in [0.3, 0.4) is 0 Å². The summed E-state index contributed by atoms with van der Waals surface area (Å²) in [6.45, 7) is 5.87. The minimum atomic E-state index is 0.242. The largest absolute Gasteiger partial charge is 0.376 e. The van der Waals surface area contributed by atoms with E-state index in [1.165, 1.54) is 16.0 Å². The molecule has 1 atom stereocenters. The van der Waals surface area contributed by atoms with Crippen LogP contribution < -0.4 is 5.32 Å². The number of hydrogen-bond donors (Lipinski definition) is 1. The molecule has 0 saturated carbocycles. The molecule has 5 rings (SSSR count). The third-order valence-electron chi connectivity index (χ3n) is 5.37. The average molecular weight is 394 g/mol. The van der Waals surface area contributed by atoms with Crippen LogP contribution >= 0.6 is 11.3 Å². The molecule has 0 unspecified atom stereocenters. The summed E-state index contributed by atoms with van der Waals surface area (Å²) >= 11 is 1.72. The normalized spacial score (nSPS) is 17.0. The first-order valence-corrected chi connectivity index (χ1v) is 10.6. The lowest BCUT2D eigenvalue weighted by atomic mass is 10.1. The Labute approximate surface area is 167 Å². The molecule has 144 valence electrons. The molecule has 4 aromatic rings. The molecule has 1 aliphatic heterocycles. The topological polar surface area (TPSA) is 64.3 Å². The maximum absolute atomic E-state index is 5.75. The molecule has 4 heterocycles. The van der Waals surface area contributed by atoms with Crippen molar-refractivity contribution in [2.75, 3.05) is 18.5 Å². The van der Waals surface area contributed by atoms with Crippen LogP contribution in [-0.4, -0.2) is 38.8 Å². The zero-order chi connectivity index (χ0) is 19.1. The fraction of sp³-hybridized carbons (Fsp3) is 0.381. The highest BCUT2D eigenvalue weighted by Crippen LogP contribution is 2.33. The summed E-state index contributed by atoms with van der Waals surface area (Å²) in [5, 5.41) is 9.37. The zero-order valence-corrected chi connectivity index (χ0v) is 16.9. The Morgan fingerprint density at radius 1 is 1.21 bits per heavy atom. The summed E-state index contributed by atoms with van der Waals surface area (Å²) in [5.74, 6) is 1.55. The first-order valence-electron chi connectivity index (χ1n) is 9.74. The van der Waals surface area contributed by atoms with Gasteiger partial charge in [-0.1, -0.05) is 30.3 Å². The number of fused-ring (bicyclic) bond motifs is 3. The van der Waals surface area contributed by atoms with Gasteiger partial charge in [-0.3, -0.25) is 0 Å². The van der Waals surface area contributed by atoms with Gasteiger partial charge < -0.3 is 10.1 Å². The van der Waals surface area contributed by atoms with Crippen LogP contribution in [0.25, 0.3) is 15.9 Å². The lowest BCUT2D eigenvalue weighted by Gasteiger charge is -2.12. The smallest absolute Gasteiger partial charge is 0.227 e. The van der Waals surface area contributed by atoms with E-state index in [-0.39, 0.29) is 6.10 Å². The average Bonchev–Trinajstić information content (AvgIpc) is 3.41. The second-order valence-electron chi connectivity index (χ2n) is 7.34. The zero-order valence-electron chi connectivity index (χ0n) is 16.1. The predicted octanol–water partition coefficient (Wildman–Crippen LogP) is 4.14. The van der Waals surface area contributed by atoms with Gasteiger partial charge >= 0.3 is 0 Å². The molecule has 0 radical (unpaired) electrons. The van der Waals surface area contributed by atoms with Crippen molar-refractivity contribution in [1.29, 1.82) is 0 Å². The summed E-state index contributed by atoms with van der Waals surface area (Å²) < 4.78 is 7.62. The van der Waals surface area contributed by atoms with Gasteiger partial charge in [0.1, 0.15) is 4.83 Å². The van der Waals surface area contributed by atoms with Gasteiger partial charge in [-0.2, -0.15) is 4.52 Å². The van der Waals surface area contributed by atoms with Crippen LogP contribution in [0.1, 0.15) is 34.7 Å². The number of benzene rings is 1. The van der Waals surface area contributed by atoms with Gasteiger partial charge in [-0.05, 0) is 37.8 Å². The van der Waals surface area contributed by atoms with E-state index in [0.717, 1.165) is 53.6 Å². The Balaban J connectivity index is 1.58. The summed E-state index contributed by atoms with van der Waals surface area (Å²) in [6, 6.07) is 10.3. The van der Waals surface area contributed by atoms with Gasteiger partial charge in [0.2, 0.25) is 5.95 Å². The molecule has 1 aromatic carbocycles. The second kappa shape index (κ2) is 7.14. The van der Waals surface area contributed by atoms with Crippen LogP contribution in [0.4, 0.5) is 5.95 Å². The molecule has 0 bridgehead atoms. The number of aryl methyl sites for hydroxylation is 2. The van der Waals surface area contributed by atoms with Crippen LogP contribution in [-0.2, 0) is 11.2 Å². The van der Waals surface area contributed by atoms with E-state index in [2.05, 4.69) is 31.3 Å². The van der Waals surface area contributed by atoms with E-state index in [0.29, 0.717) is 6.42 Å². The van der Waals surface area contributed by atoms with Crippen molar-refractivity contribution in [3.8, 4) is 0 Å². The van der Waals surface area contributed by atoms with Crippen LogP contribution in [0.5, 0.6) is 0 Å².